The van der Waals surface area contributed by atoms with Crippen molar-refractivity contribution in [3.63, 3.8) is 0 Å². The monoisotopic (exact) mass is 252 g/mol. The van der Waals surface area contributed by atoms with E-state index in [1.807, 2.05) is 6.92 Å². The molecule has 0 aliphatic rings. The van der Waals surface area contributed by atoms with Crippen molar-refractivity contribution in [3.8, 4) is 11.5 Å². The highest BCUT2D eigenvalue weighted by Gasteiger charge is 2.15. The molecule has 0 saturated heterocycles. The number of hydrogen-bond donors (Lipinski definition) is 3. The summed E-state index contributed by atoms with van der Waals surface area (Å²) < 4.78 is 5.05. The molecular weight excluding hydrogens is 232 g/mol. The van der Waals surface area contributed by atoms with Crippen LogP contribution in [0.1, 0.15) is 25.5 Å². The molecule has 0 aromatic heterocycles. The molecule has 1 aromatic carbocycles. The van der Waals surface area contributed by atoms with Gasteiger partial charge in [-0.2, -0.15) is 0 Å². The zero-order valence-electron chi connectivity index (χ0n) is 11.2. The van der Waals surface area contributed by atoms with Crippen LogP contribution in [0.2, 0.25) is 0 Å². The Hall–Kier alpha value is -1.75. The topological polar surface area (TPSA) is 70.6 Å². The van der Waals surface area contributed by atoms with E-state index in [4.69, 9.17) is 4.74 Å². The number of carbonyl (C=O) groups is 1. The average molecular weight is 252 g/mol. The van der Waals surface area contributed by atoms with Gasteiger partial charge in [-0.15, -0.1) is 0 Å². The predicted octanol–water partition coefficient (Wildman–Crippen LogP) is 1.19. The summed E-state index contributed by atoms with van der Waals surface area (Å²) in [6.45, 7) is 3.75. The Bertz CT molecular complexity index is 421. The Balaban J connectivity index is 2.78. The average Bonchev–Trinajstić information content (AvgIpc) is 2.37. The van der Waals surface area contributed by atoms with Crippen molar-refractivity contribution < 1.29 is 14.6 Å². The Morgan fingerprint density at radius 1 is 1.39 bits per heavy atom. The molecule has 18 heavy (non-hydrogen) atoms. The SMILES string of the molecule is CNC(=O)C(C)NC(C)c1ccc(O)c(OC)c1. The van der Waals surface area contributed by atoms with Gasteiger partial charge in [-0.25, -0.2) is 0 Å². The van der Waals surface area contributed by atoms with Crippen molar-refractivity contribution in [1.82, 2.24) is 10.6 Å². The molecule has 0 spiro atoms. The van der Waals surface area contributed by atoms with Crippen LogP contribution in [0.4, 0.5) is 0 Å². The summed E-state index contributed by atoms with van der Waals surface area (Å²) in [4.78, 5) is 11.4. The molecule has 1 rings (SSSR count). The minimum atomic E-state index is -0.287. The number of hydrogen-bond acceptors (Lipinski definition) is 4. The number of benzene rings is 1. The summed E-state index contributed by atoms with van der Waals surface area (Å²) in [7, 11) is 3.11. The minimum absolute atomic E-state index is 0.0215. The van der Waals surface area contributed by atoms with E-state index >= 15 is 0 Å². The predicted molar refractivity (Wildman–Crippen MR) is 69.7 cm³/mol. The number of carbonyl (C=O) groups excluding carboxylic acids is 1. The molecule has 2 atom stereocenters. The van der Waals surface area contributed by atoms with E-state index in [0.29, 0.717) is 5.75 Å². The maximum absolute atomic E-state index is 11.4. The maximum atomic E-state index is 11.4. The number of phenols is 1. The molecule has 1 amide bonds. The van der Waals surface area contributed by atoms with E-state index in [9.17, 15) is 9.90 Å². The Kier molecular flexibility index (Phi) is 4.97. The van der Waals surface area contributed by atoms with E-state index in [1.165, 1.54) is 7.11 Å². The molecule has 5 nitrogen and oxygen atoms in total. The number of amides is 1. The maximum Gasteiger partial charge on any atom is 0.236 e. The van der Waals surface area contributed by atoms with E-state index in [1.54, 1.807) is 32.2 Å². The number of methoxy groups -OCH3 is 1. The number of phenolic OH excluding ortho intramolecular Hbond substituents is 1. The molecule has 0 bridgehead atoms. The van der Waals surface area contributed by atoms with Gasteiger partial charge >= 0.3 is 0 Å². The van der Waals surface area contributed by atoms with Gasteiger partial charge in [0.05, 0.1) is 13.2 Å². The lowest BCUT2D eigenvalue weighted by Crippen LogP contribution is -2.41. The highest BCUT2D eigenvalue weighted by molar-refractivity contribution is 5.80. The Morgan fingerprint density at radius 2 is 2.06 bits per heavy atom. The fourth-order valence-electron chi connectivity index (χ4n) is 1.73. The van der Waals surface area contributed by atoms with Crippen LogP contribution in [-0.4, -0.2) is 31.2 Å². The zero-order valence-corrected chi connectivity index (χ0v) is 11.2. The second-order valence-corrected chi connectivity index (χ2v) is 4.16. The van der Waals surface area contributed by atoms with Gasteiger partial charge in [0.2, 0.25) is 5.91 Å². The molecule has 0 fully saturated rings. The summed E-state index contributed by atoms with van der Waals surface area (Å²) in [5, 5.41) is 15.3. The lowest BCUT2D eigenvalue weighted by Gasteiger charge is -2.19. The summed E-state index contributed by atoms with van der Waals surface area (Å²) >= 11 is 0. The lowest BCUT2D eigenvalue weighted by atomic mass is 10.1. The summed E-state index contributed by atoms with van der Waals surface area (Å²) in [5.74, 6) is 0.467. The first-order valence-corrected chi connectivity index (χ1v) is 5.84. The number of aromatic hydroxyl groups is 1. The van der Waals surface area contributed by atoms with Crippen LogP contribution in [0.5, 0.6) is 11.5 Å². The van der Waals surface area contributed by atoms with Crippen LogP contribution >= 0.6 is 0 Å². The number of ether oxygens (including phenoxy) is 1. The van der Waals surface area contributed by atoms with Crippen molar-refractivity contribution in [2.75, 3.05) is 14.2 Å². The summed E-state index contributed by atoms with van der Waals surface area (Å²) in [5.41, 5.74) is 0.945. The third kappa shape index (κ3) is 3.37. The van der Waals surface area contributed by atoms with Gasteiger partial charge in [0.15, 0.2) is 11.5 Å². The molecule has 0 aliphatic heterocycles. The molecule has 3 N–H and O–H groups in total. The first-order chi connectivity index (χ1) is 8.49. The zero-order chi connectivity index (χ0) is 13.7. The molecule has 0 aliphatic carbocycles. The molecule has 0 heterocycles. The molecule has 0 saturated carbocycles. The highest BCUT2D eigenvalue weighted by atomic mass is 16.5. The van der Waals surface area contributed by atoms with Gasteiger partial charge in [0, 0.05) is 13.1 Å². The van der Waals surface area contributed by atoms with Gasteiger partial charge in [0.25, 0.3) is 0 Å². The van der Waals surface area contributed by atoms with Crippen LogP contribution in [0.25, 0.3) is 0 Å². The second kappa shape index (κ2) is 6.26. The van der Waals surface area contributed by atoms with Crippen molar-refractivity contribution in [3.05, 3.63) is 23.8 Å². The highest BCUT2D eigenvalue weighted by Crippen LogP contribution is 2.28. The number of rotatable bonds is 5. The third-order valence-electron chi connectivity index (χ3n) is 2.84. The molecule has 0 radical (unpaired) electrons. The first kappa shape index (κ1) is 14.3. The van der Waals surface area contributed by atoms with Crippen LogP contribution in [0, 0.1) is 0 Å². The van der Waals surface area contributed by atoms with E-state index in [0.717, 1.165) is 5.56 Å². The standard InChI is InChI=1S/C13H20N2O3/c1-8(15-9(2)13(17)14-3)10-5-6-11(16)12(7-10)18-4/h5-9,15-16H,1-4H3,(H,14,17). The van der Waals surface area contributed by atoms with Gasteiger partial charge in [-0.05, 0) is 31.5 Å². The number of likely N-dealkylation sites (N-methyl/N-ethyl adjacent to an activating group) is 1. The molecule has 2 unspecified atom stereocenters. The summed E-state index contributed by atoms with van der Waals surface area (Å²) in [6.07, 6.45) is 0. The minimum Gasteiger partial charge on any atom is -0.504 e. The van der Waals surface area contributed by atoms with Gasteiger partial charge in [-0.1, -0.05) is 6.07 Å². The van der Waals surface area contributed by atoms with Gasteiger partial charge < -0.3 is 15.2 Å². The van der Waals surface area contributed by atoms with Crippen LogP contribution in [-0.2, 0) is 4.79 Å². The van der Waals surface area contributed by atoms with Gasteiger partial charge in [-0.3, -0.25) is 10.1 Å². The Labute approximate surface area is 107 Å². The fourth-order valence-corrected chi connectivity index (χ4v) is 1.73. The van der Waals surface area contributed by atoms with Crippen molar-refractivity contribution in [2.24, 2.45) is 0 Å². The van der Waals surface area contributed by atoms with Crippen LogP contribution in [0.15, 0.2) is 18.2 Å². The lowest BCUT2D eigenvalue weighted by molar-refractivity contribution is -0.122. The van der Waals surface area contributed by atoms with Crippen molar-refractivity contribution in [2.45, 2.75) is 25.9 Å². The Morgan fingerprint density at radius 3 is 2.61 bits per heavy atom. The van der Waals surface area contributed by atoms with Crippen molar-refractivity contribution >= 4 is 5.91 Å². The largest absolute Gasteiger partial charge is 0.504 e. The smallest absolute Gasteiger partial charge is 0.236 e. The van der Waals surface area contributed by atoms with E-state index < -0.39 is 0 Å². The molecular formula is C13H20N2O3. The normalized spacial score (nSPS) is 13.8. The quantitative estimate of drug-likeness (QED) is 0.736. The summed E-state index contributed by atoms with van der Waals surface area (Å²) in [6, 6.07) is 4.82. The molecule has 100 valence electrons. The van der Waals surface area contributed by atoms with E-state index in [2.05, 4.69) is 10.6 Å². The second-order valence-electron chi connectivity index (χ2n) is 4.16. The molecule has 1 aromatic rings. The van der Waals surface area contributed by atoms with Crippen LogP contribution in [0.3, 0.4) is 0 Å². The fraction of sp³-hybridized carbons (Fsp3) is 0.462. The van der Waals surface area contributed by atoms with E-state index in [-0.39, 0.29) is 23.7 Å². The van der Waals surface area contributed by atoms with Crippen LogP contribution < -0.4 is 15.4 Å². The van der Waals surface area contributed by atoms with Gasteiger partial charge in [0.1, 0.15) is 0 Å². The van der Waals surface area contributed by atoms with Crippen molar-refractivity contribution in [1.29, 1.82) is 0 Å². The number of nitrogens with one attached hydrogen (secondary N) is 2. The third-order valence-corrected chi connectivity index (χ3v) is 2.84. The first-order valence-electron chi connectivity index (χ1n) is 5.84. The molecule has 5 heteroatoms.